The molecule has 0 unspecified atom stereocenters. The topological polar surface area (TPSA) is 33.5 Å². The maximum atomic E-state index is 4.85. The van der Waals surface area contributed by atoms with E-state index >= 15 is 0 Å². The normalized spacial score (nSPS) is 8.71. The molecular formula is C10H15Cl2NRu. The third-order valence-corrected chi connectivity index (χ3v) is 1.61. The summed E-state index contributed by atoms with van der Waals surface area (Å²) in [6.45, 7) is 6.45. The van der Waals surface area contributed by atoms with Crippen molar-refractivity contribution in [1.29, 1.82) is 0 Å². The fraction of sp³-hybridized carbons (Fsp3) is 0.400. The summed E-state index contributed by atoms with van der Waals surface area (Å²) in [7, 11) is 9.71. The van der Waals surface area contributed by atoms with Gasteiger partial charge in [-0.25, -0.2) is 0 Å². The van der Waals surface area contributed by atoms with Gasteiger partial charge in [-0.05, 0) is 5.92 Å². The van der Waals surface area contributed by atoms with Gasteiger partial charge < -0.3 is 6.15 Å². The van der Waals surface area contributed by atoms with Crippen LogP contribution in [0.15, 0.2) is 18.2 Å². The molecule has 14 heavy (non-hydrogen) atoms. The van der Waals surface area contributed by atoms with Crippen LogP contribution in [0.4, 0.5) is 0 Å². The molecule has 0 aliphatic rings. The van der Waals surface area contributed by atoms with Gasteiger partial charge in [-0.15, -0.1) is 0 Å². The van der Waals surface area contributed by atoms with Crippen LogP contribution in [0.5, 0.6) is 0 Å². The minimum Gasteiger partial charge on any atom is -0.693 e. The van der Waals surface area contributed by atoms with Gasteiger partial charge in [0.25, 0.3) is 0 Å². The Morgan fingerprint density at radius 2 is 1.79 bits per heavy atom. The van der Waals surface area contributed by atoms with E-state index in [2.05, 4.69) is 39.0 Å². The smallest absolute Gasteiger partial charge is 0.693 e. The zero-order valence-corrected chi connectivity index (χ0v) is 11.7. The van der Waals surface area contributed by atoms with E-state index in [1.807, 2.05) is 6.07 Å². The van der Waals surface area contributed by atoms with Gasteiger partial charge in [0.2, 0.25) is 0 Å². The number of rotatable bonds is 1. The van der Waals surface area contributed by atoms with Crippen molar-refractivity contribution in [2.45, 2.75) is 26.7 Å². The number of nitrogens with two attached hydrogens (primary N) is 1. The number of hydrogen-bond acceptors (Lipinski definition) is 0. The maximum Gasteiger partial charge on any atom is -0.693 e. The summed E-state index contributed by atoms with van der Waals surface area (Å²) in [4.78, 5) is 0. The van der Waals surface area contributed by atoms with E-state index in [0.29, 0.717) is 5.92 Å². The van der Waals surface area contributed by atoms with Crippen molar-refractivity contribution in [3.8, 4) is 0 Å². The van der Waals surface area contributed by atoms with Gasteiger partial charge in [0, 0.05) is 0 Å². The van der Waals surface area contributed by atoms with Crippen LogP contribution in [-0.4, -0.2) is 0 Å². The van der Waals surface area contributed by atoms with Crippen LogP contribution in [0.1, 0.15) is 30.9 Å². The molecule has 1 nitrogen and oxygen atoms in total. The molecule has 0 aliphatic carbocycles. The molecule has 1 aromatic carbocycles. The maximum absolute atomic E-state index is 4.85. The second-order valence-corrected chi connectivity index (χ2v) is 5.67. The Labute approximate surface area is 102 Å². The number of halogens is 2. The molecule has 82 valence electrons. The van der Waals surface area contributed by atoms with Crippen molar-refractivity contribution in [2.24, 2.45) is 0 Å². The van der Waals surface area contributed by atoms with Crippen molar-refractivity contribution >= 4 is 19.4 Å². The molecule has 0 heterocycles. The van der Waals surface area contributed by atoms with Crippen LogP contribution in [0.2, 0.25) is 0 Å². The van der Waals surface area contributed by atoms with Crippen LogP contribution in [-0.2, 0) is 15.1 Å². The fourth-order valence-corrected chi connectivity index (χ4v) is 0.874. The Balaban J connectivity index is 0. The first-order chi connectivity index (χ1) is 6.11. The van der Waals surface area contributed by atoms with E-state index in [4.69, 9.17) is 19.4 Å². The van der Waals surface area contributed by atoms with E-state index in [0.717, 1.165) is 0 Å². The van der Waals surface area contributed by atoms with Crippen LogP contribution in [0, 0.1) is 13.0 Å². The molecule has 1 rings (SSSR count). The predicted molar refractivity (Wildman–Crippen MR) is 61.1 cm³/mol. The Bertz CT molecular complexity index is 224. The summed E-state index contributed by atoms with van der Waals surface area (Å²) < 4.78 is 0. The van der Waals surface area contributed by atoms with Crippen molar-refractivity contribution < 1.29 is 15.1 Å². The van der Waals surface area contributed by atoms with Crippen molar-refractivity contribution in [3.05, 3.63) is 41.5 Å². The Morgan fingerprint density at radius 1 is 1.29 bits per heavy atom. The Morgan fingerprint density at radius 3 is 2.07 bits per heavy atom. The number of benzene rings is 1. The number of aryl methyl sites for hydroxylation is 1. The van der Waals surface area contributed by atoms with Crippen molar-refractivity contribution in [2.75, 3.05) is 0 Å². The van der Waals surface area contributed by atoms with Gasteiger partial charge >= 0.3 is 34.5 Å². The number of hydrogen-bond donors (Lipinski definition) is 0. The summed E-state index contributed by atoms with van der Waals surface area (Å²) in [5.74, 6) is 0.598. The first-order valence-electron chi connectivity index (χ1n) is 3.95. The van der Waals surface area contributed by atoms with E-state index in [1.165, 1.54) is 11.1 Å². The quantitative estimate of drug-likeness (QED) is 0.514. The van der Waals surface area contributed by atoms with Crippen LogP contribution >= 0.6 is 19.4 Å². The molecule has 0 atom stereocenters. The van der Waals surface area contributed by atoms with Crippen molar-refractivity contribution in [1.82, 2.24) is 0 Å². The molecule has 0 bridgehead atoms. The summed E-state index contributed by atoms with van der Waals surface area (Å²) >= 11 is -0.346. The predicted octanol–water partition coefficient (Wildman–Crippen LogP) is 5.01. The second-order valence-electron chi connectivity index (χ2n) is 3.03. The molecule has 0 aromatic heterocycles. The SMILES string of the molecule is Cc1c[c-]c(C(C)C)cc1.[Cl][Ru+2][Cl].[NH2-]. The summed E-state index contributed by atoms with van der Waals surface area (Å²) in [6, 6.07) is 9.54. The molecule has 0 radical (unpaired) electrons. The summed E-state index contributed by atoms with van der Waals surface area (Å²) in [5, 5.41) is 0. The third-order valence-electron chi connectivity index (χ3n) is 1.61. The minimum absolute atomic E-state index is 0. The first-order valence-corrected chi connectivity index (χ1v) is 8.42. The molecule has 0 fully saturated rings. The third kappa shape index (κ3) is 7.76. The molecule has 0 amide bonds. The van der Waals surface area contributed by atoms with E-state index in [-0.39, 0.29) is 21.3 Å². The van der Waals surface area contributed by atoms with Crippen molar-refractivity contribution in [3.63, 3.8) is 0 Å². The minimum atomic E-state index is -0.346. The molecule has 0 saturated carbocycles. The van der Waals surface area contributed by atoms with Gasteiger partial charge in [-0.2, -0.15) is 35.4 Å². The van der Waals surface area contributed by atoms with Gasteiger partial charge in [-0.3, -0.25) is 0 Å². The average molecular weight is 321 g/mol. The van der Waals surface area contributed by atoms with Gasteiger partial charge in [0.1, 0.15) is 0 Å². The largest absolute Gasteiger partial charge is 0.693 e. The van der Waals surface area contributed by atoms with E-state index < -0.39 is 0 Å². The standard InChI is InChI=1S/C10H13.2ClH.H2N.Ru/c1-8(2)10-6-4-9(3)5-7-10;;;;/h4-6,8H,1-3H3;2*1H;1H2;/q-1;;;-1;+4/p-2. The average Bonchev–Trinajstić information content (AvgIpc) is 2.06. The summed E-state index contributed by atoms with van der Waals surface area (Å²) in [6.07, 6.45) is 0. The van der Waals surface area contributed by atoms with Crippen LogP contribution in [0.25, 0.3) is 6.15 Å². The van der Waals surface area contributed by atoms with E-state index in [1.54, 1.807) is 0 Å². The Kier molecular flexibility index (Phi) is 11.9. The molecule has 4 heteroatoms. The fourth-order valence-electron chi connectivity index (χ4n) is 0.874. The van der Waals surface area contributed by atoms with Gasteiger partial charge in [0.15, 0.2) is 0 Å². The molecule has 0 aliphatic heterocycles. The molecule has 2 N–H and O–H groups in total. The first kappa shape index (κ1) is 16.8. The zero-order chi connectivity index (χ0) is 10.3. The zero-order valence-electron chi connectivity index (χ0n) is 8.50. The molecule has 0 saturated heterocycles. The summed E-state index contributed by atoms with van der Waals surface area (Å²) in [5.41, 5.74) is 2.58. The monoisotopic (exact) mass is 321 g/mol. The van der Waals surface area contributed by atoms with Gasteiger partial charge in [0.05, 0.1) is 0 Å². The van der Waals surface area contributed by atoms with E-state index in [9.17, 15) is 0 Å². The molecule has 0 spiro atoms. The molecular weight excluding hydrogens is 306 g/mol. The van der Waals surface area contributed by atoms with Gasteiger partial charge in [-0.1, -0.05) is 20.8 Å². The molecule has 1 aromatic rings. The Hall–Kier alpha value is 0.383. The van der Waals surface area contributed by atoms with Crippen LogP contribution < -0.4 is 0 Å². The van der Waals surface area contributed by atoms with Crippen LogP contribution in [0.3, 0.4) is 0 Å². The second kappa shape index (κ2) is 9.92.